The molecule has 2 rings (SSSR count). The van der Waals surface area contributed by atoms with E-state index in [2.05, 4.69) is 20.6 Å². The highest BCUT2D eigenvalue weighted by atomic mass is 35.5. The second-order valence-corrected chi connectivity index (χ2v) is 7.03. The number of anilines is 2. The molecular formula is C17H18ClF3N4O2. The number of hydrogen-bond acceptors (Lipinski definition) is 5. The number of nitrogens with zero attached hydrogens (tertiary/aromatic N) is 2. The highest BCUT2D eigenvalue weighted by molar-refractivity contribution is 6.30. The summed E-state index contributed by atoms with van der Waals surface area (Å²) in [5.74, 6) is -0.0680. The van der Waals surface area contributed by atoms with Gasteiger partial charge in [0.25, 0.3) is 0 Å². The smallest absolute Gasteiger partial charge is 0.420 e. The standard InChI is InChI=1S/C17H18ClF3N4O2/c1-16(2,3)25-15(26)27-9-10-4-6-11(7-5-10)23-14-22-8-12(13(18)24-14)17(19,20)21/h4-8H,9H2,1-3H3,(H,25,26)(H,22,23,24). The van der Waals surface area contributed by atoms with Crippen LogP contribution >= 0.6 is 11.6 Å². The number of aromatic nitrogens is 2. The van der Waals surface area contributed by atoms with Gasteiger partial charge < -0.3 is 15.4 Å². The van der Waals surface area contributed by atoms with Crippen LogP contribution in [-0.2, 0) is 17.5 Å². The average molecular weight is 403 g/mol. The molecule has 0 bridgehead atoms. The number of nitrogens with one attached hydrogen (secondary N) is 2. The Morgan fingerprint density at radius 3 is 2.33 bits per heavy atom. The lowest BCUT2D eigenvalue weighted by Gasteiger charge is -2.19. The fourth-order valence-electron chi connectivity index (χ4n) is 1.92. The second kappa shape index (κ2) is 7.99. The van der Waals surface area contributed by atoms with Gasteiger partial charge in [-0.25, -0.2) is 14.8 Å². The van der Waals surface area contributed by atoms with Crippen molar-refractivity contribution < 1.29 is 22.7 Å². The Balaban J connectivity index is 1.96. The first-order valence-electron chi connectivity index (χ1n) is 7.85. The number of carbonyl (C=O) groups is 1. The second-order valence-electron chi connectivity index (χ2n) is 6.67. The lowest BCUT2D eigenvalue weighted by molar-refractivity contribution is -0.137. The van der Waals surface area contributed by atoms with Crippen LogP contribution in [0.25, 0.3) is 0 Å². The van der Waals surface area contributed by atoms with Crippen LogP contribution in [0.1, 0.15) is 31.9 Å². The Morgan fingerprint density at radius 2 is 1.81 bits per heavy atom. The molecule has 1 heterocycles. The molecule has 0 atom stereocenters. The van der Waals surface area contributed by atoms with E-state index in [0.717, 1.165) is 5.56 Å². The summed E-state index contributed by atoms with van der Waals surface area (Å²) in [7, 11) is 0. The molecule has 0 radical (unpaired) electrons. The predicted molar refractivity (Wildman–Crippen MR) is 94.8 cm³/mol. The lowest BCUT2D eigenvalue weighted by Crippen LogP contribution is -2.40. The van der Waals surface area contributed by atoms with Crippen molar-refractivity contribution in [2.24, 2.45) is 0 Å². The molecule has 10 heteroatoms. The van der Waals surface area contributed by atoms with Crippen LogP contribution in [0.4, 0.5) is 29.6 Å². The van der Waals surface area contributed by atoms with Crippen LogP contribution < -0.4 is 10.6 Å². The van der Waals surface area contributed by atoms with Crippen molar-refractivity contribution in [2.75, 3.05) is 5.32 Å². The zero-order valence-electron chi connectivity index (χ0n) is 14.8. The van der Waals surface area contributed by atoms with Crippen LogP contribution in [0.5, 0.6) is 0 Å². The number of rotatable bonds is 4. The first-order valence-corrected chi connectivity index (χ1v) is 8.22. The van der Waals surface area contributed by atoms with Crippen LogP contribution in [0.2, 0.25) is 5.15 Å². The molecule has 2 aromatic rings. The van der Waals surface area contributed by atoms with Gasteiger partial charge in [-0.2, -0.15) is 13.2 Å². The van der Waals surface area contributed by atoms with Crippen LogP contribution in [0.3, 0.4) is 0 Å². The Morgan fingerprint density at radius 1 is 1.19 bits per heavy atom. The quantitative estimate of drug-likeness (QED) is 0.710. The Kier molecular flexibility index (Phi) is 6.15. The number of amides is 1. The zero-order valence-corrected chi connectivity index (χ0v) is 15.6. The Hall–Kier alpha value is -2.55. The minimum absolute atomic E-state index is 0.0680. The molecule has 0 saturated heterocycles. The number of halogens is 4. The van der Waals surface area contributed by atoms with Crippen molar-refractivity contribution in [3.8, 4) is 0 Å². The van der Waals surface area contributed by atoms with Crippen molar-refractivity contribution in [2.45, 2.75) is 39.1 Å². The van der Waals surface area contributed by atoms with Crippen molar-refractivity contribution in [3.63, 3.8) is 0 Å². The molecule has 6 nitrogen and oxygen atoms in total. The molecule has 0 unspecified atom stereocenters. The molecular weight excluding hydrogens is 385 g/mol. The molecule has 146 valence electrons. The van der Waals surface area contributed by atoms with E-state index in [0.29, 0.717) is 11.9 Å². The van der Waals surface area contributed by atoms with E-state index in [4.69, 9.17) is 16.3 Å². The van der Waals surface area contributed by atoms with Crippen molar-refractivity contribution in [1.29, 1.82) is 0 Å². The van der Waals surface area contributed by atoms with Crippen LogP contribution in [-0.4, -0.2) is 21.6 Å². The van der Waals surface area contributed by atoms with Gasteiger partial charge in [-0.05, 0) is 38.5 Å². The van der Waals surface area contributed by atoms with E-state index in [1.807, 2.05) is 20.8 Å². The van der Waals surface area contributed by atoms with Crippen molar-refractivity contribution in [1.82, 2.24) is 15.3 Å². The number of benzene rings is 1. The van der Waals surface area contributed by atoms with Gasteiger partial charge in [0, 0.05) is 17.4 Å². The van der Waals surface area contributed by atoms with E-state index in [1.54, 1.807) is 24.3 Å². The summed E-state index contributed by atoms with van der Waals surface area (Å²) in [4.78, 5) is 18.8. The van der Waals surface area contributed by atoms with E-state index >= 15 is 0 Å². The van der Waals surface area contributed by atoms with Gasteiger partial charge in [0.1, 0.15) is 17.3 Å². The van der Waals surface area contributed by atoms with E-state index in [-0.39, 0.29) is 12.6 Å². The third-order valence-corrected chi connectivity index (χ3v) is 3.39. The molecule has 0 spiro atoms. The molecule has 1 amide bonds. The molecule has 0 saturated carbocycles. The first kappa shape index (κ1) is 20.8. The Labute approximate surface area is 159 Å². The maximum Gasteiger partial charge on any atom is 0.420 e. The summed E-state index contributed by atoms with van der Waals surface area (Å²) in [5.41, 5.74) is -0.228. The third kappa shape index (κ3) is 6.59. The first-order chi connectivity index (χ1) is 12.4. The average Bonchev–Trinajstić information content (AvgIpc) is 2.51. The van der Waals surface area contributed by atoms with Gasteiger partial charge >= 0.3 is 12.3 Å². The summed E-state index contributed by atoms with van der Waals surface area (Å²) in [6.07, 6.45) is -4.53. The van der Waals surface area contributed by atoms with Gasteiger partial charge in [0.2, 0.25) is 5.95 Å². The monoisotopic (exact) mass is 402 g/mol. The molecule has 2 N–H and O–H groups in total. The van der Waals surface area contributed by atoms with E-state index in [9.17, 15) is 18.0 Å². The number of hydrogen-bond donors (Lipinski definition) is 2. The third-order valence-electron chi connectivity index (χ3n) is 3.10. The molecule has 0 aliphatic carbocycles. The summed E-state index contributed by atoms with van der Waals surface area (Å²) < 4.78 is 43.0. The highest BCUT2D eigenvalue weighted by Gasteiger charge is 2.34. The Bertz CT molecular complexity index is 805. The summed E-state index contributed by atoms with van der Waals surface area (Å²) in [6, 6.07) is 6.68. The molecule has 27 heavy (non-hydrogen) atoms. The molecule has 0 aliphatic heterocycles. The summed E-state index contributed by atoms with van der Waals surface area (Å²) in [6.45, 7) is 5.59. The van der Waals surface area contributed by atoms with Crippen molar-refractivity contribution in [3.05, 3.63) is 46.7 Å². The minimum atomic E-state index is -4.61. The minimum Gasteiger partial charge on any atom is -0.445 e. The SMILES string of the molecule is CC(C)(C)NC(=O)OCc1ccc(Nc2ncc(C(F)(F)F)c(Cl)n2)cc1. The highest BCUT2D eigenvalue weighted by Crippen LogP contribution is 2.33. The number of ether oxygens (including phenoxy) is 1. The van der Waals surface area contributed by atoms with E-state index < -0.39 is 28.5 Å². The maximum atomic E-state index is 12.6. The topological polar surface area (TPSA) is 76.1 Å². The molecule has 0 fully saturated rings. The van der Waals surface area contributed by atoms with Gasteiger partial charge in [0.05, 0.1) is 0 Å². The molecule has 1 aromatic carbocycles. The lowest BCUT2D eigenvalue weighted by atomic mass is 10.1. The predicted octanol–water partition coefficient (Wildman–Crippen LogP) is 4.92. The van der Waals surface area contributed by atoms with Gasteiger partial charge in [0.15, 0.2) is 0 Å². The number of carbonyl (C=O) groups excluding carboxylic acids is 1. The molecule has 1 aromatic heterocycles. The fraction of sp³-hybridized carbons (Fsp3) is 0.353. The number of alkyl carbamates (subject to hydrolysis) is 1. The normalized spacial score (nSPS) is 11.8. The summed E-state index contributed by atoms with van der Waals surface area (Å²) in [5, 5.41) is 4.74. The largest absolute Gasteiger partial charge is 0.445 e. The fourth-order valence-corrected chi connectivity index (χ4v) is 2.15. The van der Waals surface area contributed by atoms with E-state index in [1.165, 1.54) is 0 Å². The van der Waals surface area contributed by atoms with Gasteiger partial charge in [-0.3, -0.25) is 0 Å². The van der Waals surface area contributed by atoms with Gasteiger partial charge in [-0.15, -0.1) is 0 Å². The van der Waals surface area contributed by atoms with Crippen molar-refractivity contribution >= 4 is 29.3 Å². The van der Waals surface area contributed by atoms with Gasteiger partial charge in [-0.1, -0.05) is 23.7 Å². The molecule has 0 aliphatic rings. The summed E-state index contributed by atoms with van der Waals surface area (Å²) >= 11 is 5.56. The zero-order chi connectivity index (χ0) is 20.2. The maximum absolute atomic E-state index is 12.6. The van der Waals surface area contributed by atoms with Crippen LogP contribution in [0, 0.1) is 0 Å². The van der Waals surface area contributed by atoms with Crippen LogP contribution in [0.15, 0.2) is 30.5 Å². The number of alkyl halides is 3.